The Labute approximate surface area is 183 Å². The van der Waals surface area contributed by atoms with Crippen molar-refractivity contribution >= 4 is 17.4 Å². The minimum Gasteiger partial charge on any atom is -0.457 e. The molecule has 33 heavy (non-hydrogen) atoms. The fourth-order valence-electron chi connectivity index (χ4n) is 2.85. The minimum atomic E-state index is -4.48. The van der Waals surface area contributed by atoms with Crippen LogP contribution in [0.1, 0.15) is 11.3 Å². The summed E-state index contributed by atoms with van der Waals surface area (Å²) in [5.74, 6) is 0.0496. The van der Waals surface area contributed by atoms with Crippen LogP contribution in [0.3, 0.4) is 0 Å². The third-order valence-corrected chi connectivity index (χ3v) is 4.22. The summed E-state index contributed by atoms with van der Waals surface area (Å²) < 4.78 is 66.9. The molecule has 2 aromatic carbocycles. The highest BCUT2D eigenvalue weighted by Crippen LogP contribution is 2.46. The molecule has 0 saturated carbocycles. The van der Waals surface area contributed by atoms with E-state index in [9.17, 15) is 22.4 Å². The summed E-state index contributed by atoms with van der Waals surface area (Å²) in [6.45, 7) is 0. The number of anilines is 2. The van der Waals surface area contributed by atoms with Crippen molar-refractivity contribution < 1.29 is 36.6 Å². The second-order valence-corrected chi connectivity index (χ2v) is 6.59. The number of nitriles is 1. The summed E-state index contributed by atoms with van der Waals surface area (Å²) in [6.07, 6.45) is -7.37. The Morgan fingerprint density at radius 3 is 2.39 bits per heavy atom. The minimum absolute atomic E-state index is 0.103. The van der Waals surface area contributed by atoms with E-state index in [1.807, 2.05) is 6.07 Å². The average Bonchev–Trinajstić information content (AvgIpc) is 2.74. The van der Waals surface area contributed by atoms with Gasteiger partial charge in [0.05, 0.1) is 5.56 Å². The Morgan fingerprint density at radius 2 is 1.67 bits per heavy atom. The van der Waals surface area contributed by atoms with Crippen LogP contribution in [0.5, 0.6) is 17.2 Å². The van der Waals surface area contributed by atoms with Crippen LogP contribution in [0.25, 0.3) is 0 Å². The van der Waals surface area contributed by atoms with E-state index in [0.29, 0.717) is 17.2 Å². The zero-order valence-corrected chi connectivity index (χ0v) is 16.3. The number of aromatic nitrogens is 1. The molecule has 0 bridgehead atoms. The van der Waals surface area contributed by atoms with Crippen LogP contribution in [0.4, 0.5) is 33.7 Å². The first-order valence-electron chi connectivity index (χ1n) is 9.15. The Morgan fingerprint density at radius 1 is 0.970 bits per heavy atom. The van der Waals surface area contributed by atoms with Gasteiger partial charge in [-0.2, -0.15) is 14.0 Å². The van der Waals surface area contributed by atoms with Crippen LogP contribution < -0.4 is 20.1 Å². The molecule has 0 spiro atoms. The number of halogens is 4. The number of pyridine rings is 1. The van der Waals surface area contributed by atoms with E-state index in [2.05, 4.69) is 25.1 Å². The maximum absolute atomic E-state index is 13.9. The number of carbonyl (C=O) groups is 1. The lowest BCUT2D eigenvalue weighted by atomic mass is 10.1. The molecule has 0 aliphatic carbocycles. The molecule has 0 fully saturated rings. The van der Waals surface area contributed by atoms with Crippen molar-refractivity contribution in [3.05, 3.63) is 72.1 Å². The van der Waals surface area contributed by atoms with Gasteiger partial charge in [0.2, 0.25) is 0 Å². The Kier molecular flexibility index (Phi) is 5.49. The molecular formula is C21H12F4N4O4. The van der Waals surface area contributed by atoms with Gasteiger partial charge in [-0.15, -0.1) is 8.78 Å². The molecule has 2 amide bonds. The number of amides is 2. The van der Waals surface area contributed by atoms with Gasteiger partial charge in [0.25, 0.3) is 0 Å². The normalized spacial score (nSPS) is 15.4. The highest BCUT2D eigenvalue weighted by molar-refractivity contribution is 5.99. The SMILES string of the molecule is N#Cc1cc(Oc2ccc(NC(=O)Nc3ccc4c(c3)C(F)(F)OC(F)(F)O4)cc2)ccn1. The van der Waals surface area contributed by atoms with Crippen LogP contribution in [0.15, 0.2) is 60.8 Å². The third-order valence-electron chi connectivity index (χ3n) is 4.22. The van der Waals surface area contributed by atoms with Crippen LogP contribution in [-0.4, -0.2) is 17.3 Å². The second kappa shape index (κ2) is 8.29. The lowest BCUT2D eigenvalue weighted by Gasteiger charge is -2.30. The molecule has 3 aromatic rings. The number of alkyl halides is 4. The molecule has 4 rings (SSSR count). The van der Waals surface area contributed by atoms with E-state index in [0.717, 1.165) is 18.2 Å². The summed E-state index contributed by atoms with van der Waals surface area (Å²) in [5, 5.41) is 13.7. The van der Waals surface area contributed by atoms with Crippen molar-refractivity contribution in [1.29, 1.82) is 5.26 Å². The molecule has 1 aliphatic heterocycles. The van der Waals surface area contributed by atoms with Crippen LogP contribution >= 0.6 is 0 Å². The Hall–Kier alpha value is -4.37. The molecule has 0 unspecified atom stereocenters. The standard InChI is InChI=1S/C21H12F4N4O4/c22-20(23)17-10-13(3-6-18(17)32-21(24,25)33-20)29-19(30)28-12-1-4-15(5-2-12)31-16-7-8-27-14(9-16)11-26/h1-10H,(H2,28,29,30). The number of ether oxygens (including phenoxy) is 3. The van der Waals surface area contributed by atoms with E-state index < -0.39 is 29.7 Å². The molecule has 0 saturated heterocycles. The quantitative estimate of drug-likeness (QED) is 0.505. The summed E-state index contributed by atoms with van der Waals surface area (Å²) in [6, 6.07) is 13.1. The first-order valence-corrected chi connectivity index (χ1v) is 9.15. The summed E-state index contributed by atoms with van der Waals surface area (Å²) in [5.41, 5.74) is -0.520. The van der Waals surface area contributed by atoms with Crippen molar-refractivity contribution in [3.63, 3.8) is 0 Å². The van der Waals surface area contributed by atoms with Gasteiger partial charge in [-0.1, -0.05) is 0 Å². The maximum Gasteiger partial charge on any atom is 0.540 e. The molecule has 2 heterocycles. The largest absolute Gasteiger partial charge is 0.540 e. The van der Waals surface area contributed by atoms with E-state index in [4.69, 9.17) is 10.00 Å². The number of fused-ring (bicyclic) bond motifs is 1. The number of carbonyl (C=O) groups excluding carboxylic acids is 1. The smallest absolute Gasteiger partial charge is 0.457 e. The molecule has 0 radical (unpaired) electrons. The highest BCUT2D eigenvalue weighted by atomic mass is 19.3. The molecule has 8 nitrogen and oxygen atoms in total. The lowest BCUT2D eigenvalue weighted by molar-refractivity contribution is -0.461. The van der Waals surface area contributed by atoms with Crippen molar-refractivity contribution in [2.24, 2.45) is 0 Å². The zero-order chi connectivity index (χ0) is 23.6. The van der Waals surface area contributed by atoms with Gasteiger partial charge < -0.3 is 20.1 Å². The van der Waals surface area contributed by atoms with Gasteiger partial charge in [-0.3, -0.25) is 0 Å². The van der Waals surface area contributed by atoms with Crippen LogP contribution in [-0.2, 0) is 10.8 Å². The summed E-state index contributed by atoms with van der Waals surface area (Å²) in [4.78, 5) is 16.0. The lowest BCUT2D eigenvalue weighted by Crippen LogP contribution is -2.41. The zero-order valence-electron chi connectivity index (χ0n) is 16.3. The monoisotopic (exact) mass is 460 g/mol. The van der Waals surface area contributed by atoms with E-state index in [-0.39, 0.29) is 11.4 Å². The average molecular weight is 460 g/mol. The second-order valence-electron chi connectivity index (χ2n) is 6.59. The first kappa shape index (κ1) is 21.8. The number of hydrogen-bond donors (Lipinski definition) is 2. The first-order chi connectivity index (χ1) is 15.6. The molecule has 1 aliphatic rings. The van der Waals surface area contributed by atoms with Crippen molar-refractivity contribution in [2.75, 3.05) is 10.6 Å². The molecule has 168 valence electrons. The van der Waals surface area contributed by atoms with Crippen molar-refractivity contribution in [3.8, 4) is 23.3 Å². The number of urea groups is 1. The molecule has 1 aromatic heterocycles. The Balaban J connectivity index is 1.40. The van der Waals surface area contributed by atoms with Crippen LogP contribution in [0.2, 0.25) is 0 Å². The number of benzene rings is 2. The van der Waals surface area contributed by atoms with Gasteiger partial charge >= 0.3 is 18.4 Å². The Bertz CT molecular complexity index is 1250. The van der Waals surface area contributed by atoms with Crippen LogP contribution in [0, 0.1) is 11.3 Å². The predicted octanol–water partition coefficient (Wildman–Crippen LogP) is 5.40. The molecule has 2 N–H and O–H groups in total. The highest BCUT2D eigenvalue weighted by Gasteiger charge is 2.54. The van der Waals surface area contributed by atoms with E-state index >= 15 is 0 Å². The van der Waals surface area contributed by atoms with Gasteiger partial charge in [0.1, 0.15) is 29.0 Å². The number of nitrogens with zero attached hydrogens (tertiary/aromatic N) is 2. The summed E-state index contributed by atoms with van der Waals surface area (Å²) in [7, 11) is 0. The fourth-order valence-corrected chi connectivity index (χ4v) is 2.85. The van der Waals surface area contributed by atoms with E-state index in [1.165, 1.54) is 24.4 Å². The van der Waals surface area contributed by atoms with Crippen molar-refractivity contribution in [1.82, 2.24) is 4.98 Å². The molecule has 0 atom stereocenters. The maximum atomic E-state index is 13.9. The van der Waals surface area contributed by atoms with Gasteiger partial charge in [0.15, 0.2) is 0 Å². The van der Waals surface area contributed by atoms with Gasteiger partial charge in [0, 0.05) is 23.6 Å². The summed E-state index contributed by atoms with van der Waals surface area (Å²) >= 11 is 0. The molecule has 12 heteroatoms. The fraction of sp³-hybridized carbons (Fsp3) is 0.0952. The van der Waals surface area contributed by atoms with Gasteiger partial charge in [-0.25, -0.2) is 14.5 Å². The third kappa shape index (κ3) is 5.10. The molecular weight excluding hydrogens is 448 g/mol. The predicted molar refractivity (Wildman–Crippen MR) is 105 cm³/mol. The number of rotatable bonds is 4. The number of nitrogens with one attached hydrogen (secondary N) is 2. The topological polar surface area (TPSA) is 106 Å². The number of hydrogen-bond acceptors (Lipinski definition) is 6. The van der Waals surface area contributed by atoms with Crippen molar-refractivity contribution in [2.45, 2.75) is 12.4 Å². The van der Waals surface area contributed by atoms with E-state index in [1.54, 1.807) is 18.2 Å². The van der Waals surface area contributed by atoms with Gasteiger partial charge in [-0.05, 0) is 48.5 Å².